The Morgan fingerprint density at radius 2 is 1.81 bits per heavy atom. The Hall–Kier alpha value is -1.59. The molecule has 0 fully saturated rings. The van der Waals surface area contributed by atoms with Gasteiger partial charge in [0.05, 0.1) is 6.61 Å². The van der Waals surface area contributed by atoms with Crippen molar-refractivity contribution in [3.8, 4) is 0 Å². The van der Waals surface area contributed by atoms with E-state index in [1.165, 1.54) is 4.90 Å². The molecule has 0 aliphatic carbocycles. The van der Waals surface area contributed by atoms with Gasteiger partial charge in [0.15, 0.2) is 0 Å². The molecule has 6 heteroatoms. The van der Waals surface area contributed by atoms with Gasteiger partial charge in [-0.15, -0.1) is 0 Å². The number of nitrogens with zero attached hydrogens (tertiary/aromatic N) is 1. The maximum atomic E-state index is 11.9. The van der Waals surface area contributed by atoms with Crippen LogP contribution in [0.1, 0.15) is 47.5 Å². The van der Waals surface area contributed by atoms with Gasteiger partial charge >= 0.3 is 5.97 Å². The topological polar surface area (TPSA) is 75.7 Å². The molecule has 1 N–H and O–H groups in total. The summed E-state index contributed by atoms with van der Waals surface area (Å²) in [5, 5.41) is 2.79. The summed E-state index contributed by atoms with van der Waals surface area (Å²) < 4.78 is 4.88. The molecule has 0 aromatic rings. The molecule has 0 spiro atoms. The maximum absolute atomic E-state index is 11.9. The summed E-state index contributed by atoms with van der Waals surface area (Å²) in [5.74, 6) is -0.585. The zero-order chi connectivity index (χ0) is 16.6. The summed E-state index contributed by atoms with van der Waals surface area (Å²) in [5.41, 5.74) is -0.431. The molecule has 0 radical (unpaired) electrons. The van der Waals surface area contributed by atoms with Gasteiger partial charge in [0.25, 0.3) is 0 Å². The lowest BCUT2D eigenvalue weighted by molar-refractivity contribution is -0.153. The van der Waals surface area contributed by atoms with Gasteiger partial charge in [-0.3, -0.25) is 9.59 Å². The number of esters is 1. The van der Waals surface area contributed by atoms with Crippen LogP contribution in [-0.2, 0) is 19.1 Å². The number of ether oxygens (including phenoxy) is 1. The maximum Gasteiger partial charge on any atom is 0.328 e. The number of likely N-dealkylation sites (N-methyl/N-ethyl adjacent to an activating group) is 1. The van der Waals surface area contributed by atoms with E-state index in [0.29, 0.717) is 19.6 Å². The molecule has 0 aromatic heterocycles. The summed E-state index contributed by atoms with van der Waals surface area (Å²) >= 11 is 0. The van der Waals surface area contributed by atoms with Gasteiger partial charge in [-0.25, -0.2) is 4.79 Å². The Bertz CT molecular complexity index is 374. The van der Waals surface area contributed by atoms with Gasteiger partial charge in [0.2, 0.25) is 11.8 Å². The van der Waals surface area contributed by atoms with E-state index in [0.717, 1.165) is 0 Å². The molecule has 0 aliphatic rings. The van der Waals surface area contributed by atoms with Crippen molar-refractivity contribution in [3.63, 3.8) is 0 Å². The number of hydrogen-bond donors (Lipinski definition) is 1. The summed E-state index contributed by atoms with van der Waals surface area (Å²) in [7, 11) is 1.58. The van der Waals surface area contributed by atoms with Crippen molar-refractivity contribution in [2.45, 2.75) is 53.5 Å². The number of amides is 2. The summed E-state index contributed by atoms with van der Waals surface area (Å²) in [6.07, 6.45) is 0.825. The SMILES string of the molecule is CCOC(=O)[C@@H](C)N(C)C(=O)CCCNC(=O)C(C)(C)C. The molecule has 0 rings (SSSR count). The Morgan fingerprint density at radius 3 is 2.29 bits per heavy atom. The molecule has 21 heavy (non-hydrogen) atoms. The third-order valence-electron chi connectivity index (χ3n) is 3.14. The van der Waals surface area contributed by atoms with Crippen LogP contribution in [0, 0.1) is 5.41 Å². The highest BCUT2D eigenvalue weighted by molar-refractivity contribution is 5.84. The van der Waals surface area contributed by atoms with E-state index in [4.69, 9.17) is 4.74 Å². The van der Waals surface area contributed by atoms with E-state index in [1.54, 1.807) is 20.9 Å². The molecule has 0 bridgehead atoms. The summed E-state index contributed by atoms with van der Waals surface area (Å²) in [6.45, 7) is 9.61. The van der Waals surface area contributed by atoms with Gasteiger partial charge < -0.3 is 15.0 Å². The molecular formula is C15H28N2O4. The fraction of sp³-hybridized carbons (Fsp3) is 0.800. The first-order chi connectivity index (χ1) is 9.61. The van der Waals surface area contributed by atoms with Gasteiger partial charge in [-0.05, 0) is 20.3 Å². The molecule has 0 saturated carbocycles. The second kappa shape index (κ2) is 8.64. The average Bonchev–Trinajstić information content (AvgIpc) is 2.40. The van der Waals surface area contributed by atoms with Crippen molar-refractivity contribution >= 4 is 17.8 Å². The molecule has 0 aromatic carbocycles. The minimum atomic E-state index is -0.596. The first kappa shape index (κ1) is 19.4. The van der Waals surface area contributed by atoms with Crippen LogP contribution in [-0.4, -0.2) is 48.9 Å². The van der Waals surface area contributed by atoms with Crippen LogP contribution in [0.25, 0.3) is 0 Å². The lowest BCUT2D eigenvalue weighted by Gasteiger charge is -2.23. The van der Waals surface area contributed by atoms with Crippen LogP contribution in [0.5, 0.6) is 0 Å². The minimum Gasteiger partial charge on any atom is -0.464 e. The quantitative estimate of drug-likeness (QED) is 0.568. The van der Waals surface area contributed by atoms with Crippen LogP contribution in [0.2, 0.25) is 0 Å². The molecule has 2 amide bonds. The number of hydrogen-bond acceptors (Lipinski definition) is 4. The van der Waals surface area contributed by atoms with E-state index in [2.05, 4.69) is 5.32 Å². The molecule has 122 valence electrons. The van der Waals surface area contributed by atoms with Crippen LogP contribution in [0.4, 0.5) is 0 Å². The molecule has 0 heterocycles. The highest BCUT2D eigenvalue weighted by Crippen LogP contribution is 2.12. The number of rotatable bonds is 7. The van der Waals surface area contributed by atoms with Gasteiger partial charge in [-0.2, -0.15) is 0 Å². The molecule has 1 atom stereocenters. The lowest BCUT2D eigenvalue weighted by Crippen LogP contribution is -2.41. The summed E-state index contributed by atoms with van der Waals surface area (Å²) in [6, 6.07) is -0.596. The highest BCUT2D eigenvalue weighted by Gasteiger charge is 2.23. The fourth-order valence-electron chi connectivity index (χ4n) is 1.52. The normalized spacial score (nSPS) is 12.5. The lowest BCUT2D eigenvalue weighted by atomic mass is 9.96. The third kappa shape index (κ3) is 7.11. The van der Waals surface area contributed by atoms with Crippen molar-refractivity contribution in [2.24, 2.45) is 5.41 Å². The Kier molecular flexibility index (Phi) is 7.99. The Labute approximate surface area is 127 Å². The predicted octanol–water partition coefficient (Wildman–Crippen LogP) is 1.34. The smallest absolute Gasteiger partial charge is 0.328 e. The zero-order valence-electron chi connectivity index (χ0n) is 14.0. The molecule has 0 saturated heterocycles. The molecule has 0 aliphatic heterocycles. The third-order valence-corrected chi connectivity index (χ3v) is 3.14. The molecular weight excluding hydrogens is 272 g/mol. The van der Waals surface area contributed by atoms with Crippen LogP contribution >= 0.6 is 0 Å². The van der Waals surface area contributed by atoms with Crippen molar-refractivity contribution in [1.29, 1.82) is 0 Å². The molecule has 6 nitrogen and oxygen atoms in total. The van der Waals surface area contributed by atoms with E-state index >= 15 is 0 Å². The van der Waals surface area contributed by atoms with Crippen molar-refractivity contribution in [2.75, 3.05) is 20.2 Å². The van der Waals surface area contributed by atoms with Crippen LogP contribution in [0.3, 0.4) is 0 Å². The first-order valence-electron chi connectivity index (χ1n) is 7.31. The van der Waals surface area contributed by atoms with Crippen molar-refractivity contribution in [3.05, 3.63) is 0 Å². The van der Waals surface area contributed by atoms with E-state index in [1.807, 2.05) is 20.8 Å². The number of carbonyl (C=O) groups excluding carboxylic acids is 3. The second-order valence-electron chi connectivity index (χ2n) is 6.04. The van der Waals surface area contributed by atoms with Gasteiger partial charge in [0.1, 0.15) is 6.04 Å². The number of nitrogens with one attached hydrogen (secondary N) is 1. The largest absolute Gasteiger partial charge is 0.464 e. The molecule has 0 unspecified atom stereocenters. The fourth-order valence-corrected chi connectivity index (χ4v) is 1.52. The van der Waals surface area contributed by atoms with E-state index in [9.17, 15) is 14.4 Å². The number of carbonyl (C=O) groups is 3. The second-order valence-corrected chi connectivity index (χ2v) is 6.04. The average molecular weight is 300 g/mol. The first-order valence-corrected chi connectivity index (χ1v) is 7.31. The van der Waals surface area contributed by atoms with E-state index < -0.39 is 17.4 Å². The van der Waals surface area contributed by atoms with Crippen LogP contribution < -0.4 is 5.32 Å². The van der Waals surface area contributed by atoms with Crippen molar-refractivity contribution < 1.29 is 19.1 Å². The van der Waals surface area contributed by atoms with Crippen molar-refractivity contribution in [1.82, 2.24) is 10.2 Å². The zero-order valence-corrected chi connectivity index (χ0v) is 14.0. The highest BCUT2D eigenvalue weighted by atomic mass is 16.5. The minimum absolute atomic E-state index is 0.0387. The Balaban J connectivity index is 4.09. The van der Waals surface area contributed by atoms with Gasteiger partial charge in [-0.1, -0.05) is 20.8 Å². The standard InChI is InChI=1S/C15H28N2O4/c1-7-21-13(19)11(2)17(6)12(18)9-8-10-16-14(20)15(3,4)5/h11H,7-10H2,1-6H3,(H,16,20)/t11-/m1/s1. The van der Waals surface area contributed by atoms with E-state index in [-0.39, 0.29) is 18.2 Å². The summed E-state index contributed by atoms with van der Waals surface area (Å²) in [4.78, 5) is 36.5. The van der Waals surface area contributed by atoms with Crippen LogP contribution in [0.15, 0.2) is 0 Å². The monoisotopic (exact) mass is 300 g/mol. The Morgan fingerprint density at radius 1 is 1.24 bits per heavy atom. The predicted molar refractivity (Wildman–Crippen MR) is 80.6 cm³/mol. The van der Waals surface area contributed by atoms with Gasteiger partial charge in [0, 0.05) is 25.4 Å².